The predicted molar refractivity (Wildman–Crippen MR) is 115 cm³/mol. The predicted octanol–water partition coefficient (Wildman–Crippen LogP) is 5.12. The van der Waals surface area contributed by atoms with Gasteiger partial charge in [-0.25, -0.2) is 9.37 Å². The molecular weight excluding hydrogens is 469 g/mol. The molecule has 4 aromatic rings. The molecule has 0 aliphatic carbocycles. The molecule has 1 N–H and O–H groups in total. The van der Waals surface area contributed by atoms with Crippen LogP contribution >= 0.6 is 15.9 Å². The molecule has 0 saturated carbocycles. The van der Waals surface area contributed by atoms with E-state index in [1.165, 1.54) is 12.1 Å². The standard InChI is InChI=1S/C22H15BrFN3O4/c1-11-20-14(8-16(26-22(20)31-27-11)12-2-4-13(24)5-3-12)21(28)25-17-10-19-18(9-15(17)23)29-6-7-30-19/h2-5,8-10H,6-7H2,1H3,(H,25,28). The Labute approximate surface area is 184 Å². The van der Waals surface area contributed by atoms with Crippen LogP contribution < -0.4 is 14.8 Å². The highest BCUT2D eigenvalue weighted by Gasteiger charge is 2.22. The van der Waals surface area contributed by atoms with Gasteiger partial charge in [-0.3, -0.25) is 4.79 Å². The topological polar surface area (TPSA) is 86.5 Å². The number of carbonyl (C=O) groups excluding carboxylic acids is 1. The van der Waals surface area contributed by atoms with E-state index in [9.17, 15) is 9.18 Å². The van der Waals surface area contributed by atoms with Gasteiger partial charge in [0.25, 0.3) is 11.6 Å². The summed E-state index contributed by atoms with van der Waals surface area (Å²) in [6, 6.07) is 10.9. The summed E-state index contributed by atoms with van der Waals surface area (Å²) >= 11 is 3.46. The molecule has 31 heavy (non-hydrogen) atoms. The maximum absolute atomic E-state index is 13.3. The number of anilines is 1. The van der Waals surface area contributed by atoms with Gasteiger partial charge >= 0.3 is 0 Å². The van der Waals surface area contributed by atoms with E-state index >= 15 is 0 Å². The zero-order chi connectivity index (χ0) is 21.5. The molecule has 3 heterocycles. The van der Waals surface area contributed by atoms with Gasteiger partial charge in [0.2, 0.25) is 0 Å². The minimum atomic E-state index is -0.376. The number of hydrogen-bond donors (Lipinski definition) is 1. The van der Waals surface area contributed by atoms with Crippen molar-refractivity contribution >= 4 is 38.6 Å². The summed E-state index contributed by atoms with van der Waals surface area (Å²) < 4.78 is 30.5. The number of benzene rings is 2. The monoisotopic (exact) mass is 483 g/mol. The normalized spacial score (nSPS) is 12.7. The van der Waals surface area contributed by atoms with Gasteiger partial charge in [-0.2, -0.15) is 0 Å². The van der Waals surface area contributed by atoms with Crippen LogP contribution in [0.15, 0.2) is 51.5 Å². The molecule has 2 aromatic carbocycles. The Bertz CT molecular complexity index is 1320. The summed E-state index contributed by atoms with van der Waals surface area (Å²) in [4.78, 5) is 17.7. The Hall–Kier alpha value is -3.46. The minimum absolute atomic E-state index is 0.228. The second-order valence-corrected chi connectivity index (χ2v) is 7.79. The lowest BCUT2D eigenvalue weighted by Gasteiger charge is -2.20. The summed E-state index contributed by atoms with van der Waals surface area (Å²) in [5, 5.41) is 7.35. The first kappa shape index (κ1) is 19.5. The van der Waals surface area contributed by atoms with Gasteiger partial charge in [-0.05, 0) is 53.2 Å². The van der Waals surface area contributed by atoms with Crippen molar-refractivity contribution in [1.29, 1.82) is 0 Å². The highest BCUT2D eigenvalue weighted by Crippen LogP contribution is 2.38. The lowest BCUT2D eigenvalue weighted by Crippen LogP contribution is -2.17. The lowest BCUT2D eigenvalue weighted by molar-refractivity contribution is 0.102. The van der Waals surface area contributed by atoms with Crippen molar-refractivity contribution in [2.24, 2.45) is 0 Å². The van der Waals surface area contributed by atoms with Crippen LogP contribution in [-0.4, -0.2) is 29.3 Å². The van der Waals surface area contributed by atoms with Crippen LogP contribution in [-0.2, 0) is 0 Å². The van der Waals surface area contributed by atoms with Crippen molar-refractivity contribution in [1.82, 2.24) is 10.1 Å². The molecule has 0 fully saturated rings. The molecule has 5 rings (SSSR count). The van der Waals surface area contributed by atoms with E-state index in [1.807, 2.05) is 0 Å². The molecule has 0 unspecified atom stereocenters. The van der Waals surface area contributed by atoms with Gasteiger partial charge in [0.15, 0.2) is 11.5 Å². The Morgan fingerprint density at radius 3 is 2.55 bits per heavy atom. The van der Waals surface area contributed by atoms with Gasteiger partial charge in [0.05, 0.1) is 28.0 Å². The van der Waals surface area contributed by atoms with Crippen molar-refractivity contribution in [3.05, 3.63) is 64.0 Å². The molecule has 156 valence electrons. The number of ether oxygens (including phenoxy) is 2. The van der Waals surface area contributed by atoms with Crippen molar-refractivity contribution < 1.29 is 23.2 Å². The molecule has 2 aromatic heterocycles. The maximum Gasteiger partial charge on any atom is 0.259 e. The Morgan fingerprint density at radius 1 is 1.10 bits per heavy atom. The van der Waals surface area contributed by atoms with Gasteiger partial charge in [0, 0.05) is 22.2 Å². The lowest BCUT2D eigenvalue weighted by atomic mass is 10.0. The number of aryl methyl sites for hydroxylation is 1. The summed E-state index contributed by atoms with van der Waals surface area (Å²) in [7, 11) is 0. The van der Waals surface area contributed by atoms with E-state index in [0.717, 1.165) is 0 Å². The van der Waals surface area contributed by atoms with Crippen LogP contribution in [0.1, 0.15) is 16.1 Å². The third-order valence-corrected chi connectivity index (χ3v) is 5.54. The zero-order valence-corrected chi connectivity index (χ0v) is 17.8. The maximum atomic E-state index is 13.3. The Balaban J connectivity index is 1.57. The summed E-state index contributed by atoms with van der Waals surface area (Å²) in [5.74, 6) is 0.426. The van der Waals surface area contributed by atoms with Crippen molar-refractivity contribution in [2.75, 3.05) is 18.5 Å². The number of pyridine rings is 1. The van der Waals surface area contributed by atoms with Crippen LogP contribution in [0, 0.1) is 12.7 Å². The fourth-order valence-corrected chi connectivity index (χ4v) is 3.81. The van der Waals surface area contributed by atoms with Gasteiger partial charge in [-0.1, -0.05) is 5.16 Å². The van der Waals surface area contributed by atoms with Crippen molar-refractivity contribution in [3.63, 3.8) is 0 Å². The number of halogens is 2. The van der Waals surface area contributed by atoms with E-state index < -0.39 is 0 Å². The first-order valence-corrected chi connectivity index (χ1v) is 10.2. The summed E-state index contributed by atoms with van der Waals surface area (Å²) in [6.07, 6.45) is 0. The second kappa shape index (κ2) is 7.66. The fourth-order valence-electron chi connectivity index (χ4n) is 3.39. The fraction of sp³-hybridized carbons (Fsp3) is 0.136. The number of carbonyl (C=O) groups is 1. The van der Waals surface area contributed by atoms with Crippen LogP contribution in [0.3, 0.4) is 0 Å². The number of amides is 1. The first-order chi connectivity index (χ1) is 15.0. The first-order valence-electron chi connectivity index (χ1n) is 9.43. The molecular formula is C22H15BrFN3O4. The van der Waals surface area contributed by atoms with Crippen molar-refractivity contribution in [3.8, 4) is 22.8 Å². The third-order valence-electron chi connectivity index (χ3n) is 4.88. The number of fused-ring (bicyclic) bond motifs is 2. The molecule has 0 spiro atoms. The molecule has 0 radical (unpaired) electrons. The molecule has 0 bridgehead atoms. The van der Waals surface area contributed by atoms with Gasteiger partial charge < -0.3 is 19.3 Å². The van der Waals surface area contributed by atoms with E-state index in [2.05, 4.69) is 31.4 Å². The van der Waals surface area contributed by atoms with Crippen molar-refractivity contribution in [2.45, 2.75) is 6.92 Å². The quantitative estimate of drug-likeness (QED) is 0.434. The average Bonchev–Trinajstić information content (AvgIpc) is 3.15. The van der Waals surface area contributed by atoms with Gasteiger partial charge in [0.1, 0.15) is 19.0 Å². The van der Waals surface area contributed by atoms with Gasteiger partial charge in [-0.15, -0.1) is 0 Å². The number of rotatable bonds is 3. The van der Waals surface area contributed by atoms with E-state index in [-0.39, 0.29) is 17.4 Å². The average molecular weight is 484 g/mol. The third kappa shape index (κ3) is 3.61. The highest BCUT2D eigenvalue weighted by molar-refractivity contribution is 9.10. The molecule has 0 saturated heterocycles. The molecule has 0 atom stereocenters. The highest BCUT2D eigenvalue weighted by atomic mass is 79.9. The summed E-state index contributed by atoms with van der Waals surface area (Å²) in [5.41, 5.74) is 2.74. The molecule has 7 nitrogen and oxygen atoms in total. The van der Waals surface area contributed by atoms with Crippen LogP contribution in [0.5, 0.6) is 11.5 Å². The molecule has 1 aliphatic rings. The zero-order valence-electron chi connectivity index (χ0n) is 16.2. The van der Waals surface area contributed by atoms with E-state index in [0.29, 0.717) is 62.8 Å². The van der Waals surface area contributed by atoms with Crippen LogP contribution in [0.4, 0.5) is 10.1 Å². The number of nitrogens with zero attached hydrogens (tertiary/aromatic N) is 2. The summed E-state index contributed by atoms with van der Waals surface area (Å²) in [6.45, 7) is 2.65. The number of aromatic nitrogens is 2. The molecule has 9 heteroatoms. The second-order valence-electron chi connectivity index (χ2n) is 6.94. The van der Waals surface area contributed by atoms with Crippen LogP contribution in [0.2, 0.25) is 0 Å². The van der Waals surface area contributed by atoms with Crippen LogP contribution in [0.25, 0.3) is 22.4 Å². The van der Waals surface area contributed by atoms with E-state index in [1.54, 1.807) is 37.3 Å². The number of nitrogens with one attached hydrogen (secondary N) is 1. The van der Waals surface area contributed by atoms with E-state index in [4.69, 9.17) is 14.0 Å². The largest absolute Gasteiger partial charge is 0.486 e. The number of hydrogen-bond acceptors (Lipinski definition) is 6. The Morgan fingerprint density at radius 2 is 1.81 bits per heavy atom. The Kier molecular flexibility index (Phi) is 4.82. The molecule has 1 aliphatic heterocycles. The molecule has 1 amide bonds. The SMILES string of the molecule is Cc1noc2nc(-c3ccc(F)cc3)cc(C(=O)Nc3cc4c(cc3Br)OCCO4)c12. The smallest absolute Gasteiger partial charge is 0.259 e. The minimum Gasteiger partial charge on any atom is -0.486 e.